The fourth-order valence-corrected chi connectivity index (χ4v) is 3.56. The van der Waals surface area contributed by atoms with Gasteiger partial charge in [-0.25, -0.2) is 4.98 Å². The van der Waals surface area contributed by atoms with E-state index >= 15 is 0 Å². The van der Waals surface area contributed by atoms with Crippen LogP contribution in [0.1, 0.15) is 38.1 Å². The molecule has 1 aromatic carbocycles. The van der Waals surface area contributed by atoms with E-state index in [1.165, 1.54) is 0 Å². The Bertz CT molecular complexity index is 787. The van der Waals surface area contributed by atoms with Crippen LogP contribution in [-0.4, -0.2) is 52.8 Å². The number of aromatic nitrogens is 1. The number of carbonyl (C=O) groups excluding carboxylic acids is 2. The van der Waals surface area contributed by atoms with Crippen molar-refractivity contribution in [3.8, 4) is 0 Å². The summed E-state index contributed by atoms with van der Waals surface area (Å²) in [4.78, 5) is 33.2. The molecule has 0 bridgehead atoms. The fourth-order valence-electron chi connectivity index (χ4n) is 3.56. The monoisotopic (exact) mass is 357 g/mol. The average molecular weight is 357 g/mol. The van der Waals surface area contributed by atoms with Gasteiger partial charge in [0.2, 0.25) is 11.8 Å². The van der Waals surface area contributed by atoms with Crippen LogP contribution in [0, 0.1) is 12.8 Å². The van der Waals surface area contributed by atoms with E-state index in [0.717, 1.165) is 29.5 Å². The minimum atomic E-state index is 0.0965. The van der Waals surface area contributed by atoms with Crippen molar-refractivity contribution in [2.75, 3.05) is 26.2 Å². The second kappa shape index (κ2) is 7.89. The van der Waals surface area contributed by atoms with Crippen LogP contribution in [-0.2, 0) is 16.0 Å². The highest BCUT2D eigenvalue weighted by molar-refractivity contribution is 5.82. The number of hydrogen-bond donors (Lipinski definition) is 0. The zero-order chi connectivity index (χ0) is 18.7. The third-order valence-electron chi connectivity index (χ3n) is 5.19. The molecule has 0 atom stereocenters. The number of fused-ring (bicyclic) bond motifs is 1. The van der Waals surface area contributed by atoms with Crippen molar-refractivity contribution in [3.05, 3.63) is 29.7 Å². The Labute approximate surface area is 154 Å². The molecule has 1 aliphatic heterocycles. The molecular weight excluding hydrogens is 330 g/mol. The number of nitrogens with zero attached hydrogens (tertiary/aromatic N) is 3. The first kappa shape index (κ1) is 18.4. The van der Waals surface area contributed by atoms with E-state index in [9.17, 15) is 9.59 Å². The number of amides is 2. The van der Waals surface area contributed by atoms with Crippen LogP contribution in [0.5, 0.6) is 0 Å². The van der Waals surface area contributed by atoms with Crippen molar-refractivity contribution in [1.29, 1.82) is 0 Å². The van der Waals surface area contributed by atoms with Crippen LogP contribution in [0.25, 0.3) is 11.1 Å². The van der Waals surface area contributed by atoms with Gasteiger partial charge in [0.25, 0.3) is 0 Å². The largest absolute Gasteiger partial charge is 0.441 e. The summed E-state index contributed by atoms with van der Waals surface area (Å²) < 4.78 is 5.47. The van der Waals surface area contributed by atoms with Gasteiger partial charge in [-0.1, -0.05) is 19.9 Å². The average Bonchev–Trinajstić information content (AvgIpc) is 3.02. The highest BCUT2D eigenvalue weighted by atomic mass is 16.3. The number of oxazole rings is 1. The third kappa shape index (κ3) is 3.89. The van der Waals surface area contributed by atoms with Gasteiger partial charge in [-0.3, -0.25) is 9.59 Å². The maximum atomic E-state index is 12.6. The molecule has 0 unspecified atom stereocenters. The smallest absolute Gasteiger partial charge is 0.227 e. The standard InChI is InChI=1S/C20H27N3O3/c1-4-16(5-2)20(25)23-10-8-22(9-11-23)19(24)13-15-6-7-18-17(12-15)21-14(3)26-18/h6-7,12,16H,4-5,8-11,13H2,1-3H3. The van der Waals surface area contributed by atoms with Crippen LogP contribution < -0.4 is 0 Å². The molecule has 6 heteroatoms. The summed E-state index contributed by atoms with van der Waals surface area (Å²) >= 11 is 0. The normalized spacial score (nSPS) is 15.1. The number of carbonyl (C=O) groups is 2. The molecule has 1 fully saturated rings. The molecule has 1 aliphatic rings. The zero-order valence-electron chi connectivity index (χ0n) is 15.8. The summed E-state index contributed by atoms with van der Waals surface area (Å²) in [6.07, 6.45) is 2.10. The van der Waals surface area contributed by atoms with Crippen molar-refractivity contribution in [2.45, 2.75) is 40.0 Å². The Morgan fingerprint density at radius 2 is 1.77 bits per heavy atom. The molecule has 2 aromatic rings. The quantitative estimate of drug-likeness (QED) is 0.825. The Morgan fingerprint density at radius 3 is 2.42 bits per heavy atom. The Balaban J connectivity index is 1.57. The first-order valence-electron chi connectivity index (χ1n) is 9.44. The summed E-state index contributed by atoms with van der Waals surface area (Å²) in [7, 11) is 0. The minimum Gasteiger partial charge on any atom is -0.441 e. The zero-order valence-corrected chi connectivity index (χ0v) is 15.8. The fraction of sp³-hybridized carbons (Fsp3) is 0.550. The van der Waals surface area contributed by atoms with E-state index in [2.05, 4.69) is 18.8 Å². The molecule has 2 heterocycles. The molecular formula is C20H27N3O3. The molecule has 2 amide bonds. The van der Waals surface area contributed by atoms with Gasteiger partial charge in [0.05, 0.1) is 6.42 Å². The van der Waals surface area contributed by atoms with Gasteiger partial charge in [0.1, 0.15) is 5.52 Å². The molecule has 140 valence electrons. The lowest BCUT2D eigenvalue weighted by molar-refractivity contribution is -0.142. The van der Waals surface area contributed by atoms with Crippen LogP contribution in [0.4, 0.5) is 0 Å². The van der Waals surface area contributed by atoms with E-state index in [4.69, 9.17) is 4.42 Å². The lowest BCUT2D eigenvalue weighted by Gasteiger charge is -2.36. The Hall–Kier alpha value is -2.37. The molecule has 1 aromatic heterocycles. The molecule has 0 radical (unpaired) electrons. The minimum absolute atomic E-state index is 0.0965. The number of hydrogen-bond acceptors (Lipinski definition) is 4. The van der Waals surface area contributed by atoms with Gasteiger partial charge in [0.15, 0.2) is 11.5 Å². The summed E-state index contributed by atoms with van der Waals surface area (Å²) in [5.41, 5.74) is 2.46. The number of benzene rings is 1. The first-order valence-corrected chi connectivity index (χ1v) is 9.44. The predicted molar refractivity (Wildman–Crippen MR) is 99.7 cm³/mol. The van der Waals surface area contributed by atoms with Crippen LogP contribution in [0.15, 0.2) is 22.6 Å². The van der Waals surface area contributed by atoms with Crippen molar-refractivity contribution in [1.82, 2.24) is 14.8 Å². The second-order valence-electron chi connectivity index (χ2n) is 6.93. The van der Waals surface area contributed by atoms with Gasteiger partial charge in [-0.15, -0.1) is 0 Å². The molecule has 6 nitrogen and oxygen atoms in total. The van der Waals surface area contributed by atoms with Crippen LogP contribution >= 0.6 is 0 Å². The lowest BCUT2D eigenvalue weighted by atomic mass is 10.0. The summed E-state index contributed by atoms with van der Waals surface area (Å²) in [5, 5.41) is 0. The molecule has 0 aliphatic carbocycles. The van der Waals surface area contributed by atoms with Crippen LogP contribution in [0.2, 0.25) is 0 Å². The maximum absolute atomic E-state index is 12.6. The number of aryl methyl sites for hydroxylation is 1. The van der Waals surface area contributed by atoms with Gasteiger partial charge in [-0.05, 0) is 30.5 Å². The van der Waals surface area contributed by atoms with Crippen molar-refractivity contribution >= 4 is 22.9 Å². The first-order chi connectivity index (χ1) is 12.5. The molecule has 0 N–H and O–H groups in total. The van der Waals surface area contributed by atoms with Crippen molar-refractivity contribution in [3.63, 3.8) is 0 Å². The van der Waals surface area contributed by atoms with Gasteiger partial charge in [0, 0.05) is 39.0 Å². The lowest BCUT2D eigenvalue weighted by Crippen LogP contribution is -2.52. The molecule has 0 saturated carbocycles. The topological polar surface area (TPSA) is 66.7 Å². The highest BCUT2D eigenvalue weighted by Gasteiger charge is 2.27. The summed E-state index contributed by atoms with van der Waals surface area (Å²) in [5.74, 6) is 1.06. The Kier molecular flexibility index (Phi) is 5.59. The van der Waals surface area contributed by atoms with Crippen molar-refractivity contribution < 1.29 is 14.0 Å². The predicted octanol–water partition coefficient (Wildman–Crippen LogP) is 2.79. The maximum Gasteiger partial charge on any atom is 0.227 e. The van der Waals surface area contributed by atoms with Crippen molar-refractivity contribution in [2.24, 2.45) is 5.92 Å². The number of rotatable bonds is 5. The molecule has 1 saturated heterocycles. The van der Waals surface area contributed by atoms with E-state index in [0.29, 0.717) is 38.5 Å². The second-order valence-corrected chi connectivity index (χ2v) is 6.93. The molecule has 0 spiro atoms. The third-order valence-corrected chi connectivity index (χ3v) is 5.19. The summed E-state index contributed by atoms with van der Waals surface area (Å²) in [6.45, 7) is 8.39. The van der Waals surface area contributed by atoms with Gasteiger partial charge in [-0.2, -0.15) is 0 Å². The van der Waals surface area contributed by atoms with E-state index in [1.807, 2.05) is 34.9 Å². The van der Waals surface area contributed by atoms with Gasteiger partial charge >= 0.3 is 0 Å². The van der Waals surface area contributed by atoms with Gasteiger partial charge < -0.3 is 14.2 Å². The molecule has 3 rings (SSSR count). The van der Waals surface area contributed by atoms with E-state index < -0.39 is 0 Å². The summed E-state index contributed by atoms with van der Waals surface area (Å²) in [6, 6.07) is 5.69. The number of piperazine rings is 1. The van der Waals surface area contributed by atoms with E-state index in [1.54, 1.807) is 0 Å². The SMILES string of the molecule is CCC(CC)C(=O)N1CCN(C(=O)Cc2ccc3oc(C)nc3c2)CC1. The Morgan fingerprint density at radius 1 is 1.12 bits per heavy atom. The molecule has 26 heavy (non-hydrogen) atoms. The van der Waals surface area contributed by atoms with E-state index in [-0.39, 0.29) is 17.7 Å². The highest BCUT2D eigenvalue weighted by Crippen LogP contribution is 2.18. The van der Waals surface area contributed by atoms with Crippen LogP contribution in [0.3, 0.4) is 0 Å².